The van der Waals surface area contributed by atoms with Gasteiger partial charge in [0.1, 0.15) is 0 Å². The Morgan fingerprint density at radius 2 is 1.88 bits per heavy atom. The standard InChI is InChI=1S/C12H22N2O.ClH/c13-8-10-4-3-7-14(9-10)12(15)11-5-1-2-6-11;/h10-11H,1-9,13H2;1H. The summed E-state index contributed by atoms with van der Waals surface area (Å²) in [5, 5.41) is 0. The highest BCUT2D eigenvalue weighted by Gasteiger charge is 2.29. The summed E-state index contributed by atoms with van der Waals surface area (Å²) >= 11 is 0. The summed E-state index contributed by atoms with van der Waals surface area (Å²) < 4.78 is 0. The van der Waals surface area contributed by atoms with Crippen molar-refractivity contribution < 1.29 is 4.79 Å². The predicted octanol–water partition coefficient (Wildman–Crippen LogP) is 1.80. The third-order valence-corrected chi connectivity index (χ3v) is 3.87. The van der Waals surface area contributed by atoms with Crippen molar-refractivity contribution >= 4 is 18.3 Å². The molecule has 1 aliphatic heterocycles. The average molecular weight is 247 g/mol. The van der Waals surface area contributed by atoms with Gasteiger partial charge in [0.15, 0.2) is 0 Å². The van der Waals surface area contributed by atoms with Gasteiger partial charge < -0.3 is 10.6 Å². The van der Waals surface area contributed by atoms with Crippen LogP contribution in [0.2, 0.25) is 0 Å². The van der Waals surface area contributed by atoms with Gasteiger partial charge in [-0.1, -0.05) is 12.8 Å². The van der Waals surface area contributed by atoms with Gasteiger partial charge in [0.05, 0.1) is 0 Å². The lowest BCUT2D eigenvalue weighted by molar-refractivity contribution is -0.137. The second-order valence-corrected chi connectivity index (χ2v) is 5.01. The second kappa shape index (κ2) is 6.45. The highest BCUT2D eigenvalue weighted by Crippen LogP contribution is 2.28. The zero-order valence-electron chi connectivity index (χ0n) is 9.86. The number of amides is 1. The largest absolute Gasteiger partial charge is 0.342 e. The fourth-order valence-electron chi connectivity index (χ4n) is 2.89. The van der Waals surface area contributed by atoms with E-state index < -0.39 is 0 Å². The van der Waals surface area contributed by atoms with Gasteiger partial charge in [-0.25, -0.2) is 0 Å². The summed E-state index contributed by atoms with van der Waals surface area (Å²) in [6, 6.07) is 0. The first-order valence-electron chi connectivity index (χ1n) is 6.30. The van der Waals surface area contributed by atoms with Gasteiger partial charge in [-0.3, -0.25) is 4.79 Å². The molecule has 0 radical (unpaired) electrons. The van der Waals surface area contributed by atoms with Crippen molar-refractivity contribution in [3.8, 4) is 0 Å². The molecule has 1 saturated carbocycles. The van der Waals surface area contributed by atoms with Crippen LogP contribution in [0.25, 0.3) is 0 Å². The molecule has 0 bridgehead atoms. The van der Waals surface area contributed by atoms with Crippen LogP contribution in [0.4, 0.5) is 0 Å². The van der Waals surface area contributed by atoms with Crippen LogP contribution in [-0.4, -0.2) is 30.4 Å². The number of carbonyl (C=O) groups excluding carboxylic acids is 1. The van der Waals surface area contributed by atoms with E-state index in [4.69, 9.17) is 5.73 Å². The minimum Gasteiger partial charge on any atom is -0.342 e. The highest BCUT2D eigenvalue weighted by atomic mass is 35.5. The number of hydrogen-bond donors (Lipinski definition) is 1. The molecule has 0 aromatic rings. The molecule has 0 spiro atoms. The molecule has 1 aliphatic carbocycles. The Balaban J connectivity index is 0.00000128. The predicted molar refractivity (Wildman–Crippen MR) is 67.6 cm³/mol. The summed E-state index contributed by atoms with van der Waals surface area (Å²) in [6.45, 7) is 2.60. The first kappa shape index (κ1) is 13.8. The lowest BCUT2D eigenvalue weighted by atomic mass is 9.96. The number of halogens is 1. The molecule has 1 unspecified atom stereocenters. The van der Waals surface area contributed by atoms with Crippen LogP contribution in [0, 0.1) is 11.8 Å². The van der Waals surface area contributed by atoms with Crippen LogP contribution in [0.5, 0.6) is 0 Å². The van der Waals surface area contributed by atoms with E-state index in [-0.39, 0.29) is 12.4 Å². The third-order valence-electron chi connectivity index (χ3n) is 3.87. The number of carbonyl (C=O) groups is 1. The van der Waals surface area contributed by atoms with Crippen LogP contribution >= 0.6 is 12.4 Å². The van der Waals surface area contributed by atoms with Crippen molar-refractivity contribution in [2.24, 2.45) is 17.6 Å². The van der Waals surface area contributed by atoms with E-state index in [9.17, 15) is 4.79 Å². The fraction of sp³-hybridized carbons (Fsp3) is 0.917. The summed E-state index contributed by atoms with van der Waals surface area (Å²) in [5.41, 5.74) is 5.68. The topological polar surface area (TPSA) is 46.3 Å². The van der Waals surface area contributed by atoms with E-state index in [0.29, 0.717) is 17.7 Å². The second-order valence-electron chi connectivity index (χ2n) is 5.01. The lowest BCUT2D eigenvalue weighted by Gasteiger charge is -2.33. The Labute approximate surface area is 104 Å². The molecule has 0 aromatic carbocycles. The minimum absolute atomic E-state index is 0. The smallest absolute Gasteiger partial charge is 0.225 e. The van der Waals surface area contributed by atoms with Gasteiger partial charge in [0.25, 0.3) is 0 Å². The first-order chi connectivity index (χ1) is 7.31. The van der Waals surface area contributed by atoms with E-state index in [0.717, 1.165) is 38.9 Å². The molecule has 94 valence electrons. The number of piperidine rings is 1. The van der Waals surface area contributed by atoms with Gasteiger partial charge in [0, 0.05) is 19.0 Å². The molecule has 4 heteroatoms. The highest BCUT2D eigenvalue weighted by molar-refractivity contribution is 5.85. The van der Waals surface area contributed by atoms with Gasteiger partial charge >= 0.3 is 0 Å². The van der Waals surface area contributed by atoms with Gasteiger partial charge in [-0.05, 0) is 38.1 Å². The molecule has 2 rings (SSSR count). The van der Waals surface area contributed by atoms with E-state index in [1.54, 1.807) is 0 Å². The van der Waals surface area contributed by atoms with Gasteiger partial charge in [0.2, 0.25) is 5.91 Å². The molecule has 1 amide bonds. The molecule has 1 heterocycles. The lowest BCUT2D eigenvalue weighted by Crippen LogP contribution is -2.44. The molecule has 1 atom stereocenters. The number of nitrogens with zero attached hydrogens (tertiary/aromatic N) is 1. The maximum atomic E-state index is 12.1. The Bertz CT molecular complexity index is 229. The van der Waals surface area contributed by atoms with Crippen LogP contribution in [0.3, 0.4) is 0 Å². The van der Waals surface area contributed by atoms with Crippen LogP contribution in [-0.2, 0) is 4.79 Å². The van der Waals surface area contributed by atoms with Crippen molar-refractivity contribution in [2.75, 3.05) is 19.6 Å². The van der Waals surface area contributed by atoms with Crippen molar-refractivity contribution in [3.63, 3.8) is 0 Å². The number of likely N-dealkylation sites (tertiary alicyclic amines) is 1. The Morgan fingerprint density at radius 3 is 2.50 bits per heavy atom. The molecule has 2 N–H and O–H groups in total. The van der Waals surface area contributed by atoms with Crippen molar-refractivity contribution in [2.45, 2.75) is 38.5 Å². The average Bonchev–Trinajstić information content (AvgIpc) is 2.81. The van der Waals surface area contributed by atoms with Crippen molar-refractivity contribution in [1.29, 1.82) is 0 Å². The van der Waals surface area contributed by atoms with Crippen molar-refractivity contribution in [3.05, 3.63) is 0 Å². The summed E-state index contributed by atoms with van der Waals surface area (Å²) in [4.78, 5) is 14.2. The molecule has 0 aromatic heterocycles. The van der Waals surface area contributed by atoms with E-state index in [1.807, 2.05) is 0 Å². The van der Waals surface area contributed by atoms with E-state index in [2.05, 4.69) is 4.90 Å². The van der Waals surface area contributed by atoms with Crippen LogP contribution in [0.1, 0.15) is 38.5 Å². The molecular formula is C12H23ClN2O. The molecule has 16 heavy (non-hydrogen) atoms. The van der Waals surface area contributed by atoms with Crippen LogP contribution in [0.15, 0.2) is 0 Å². The molecule has 2 aliphatic rings. The summed E-state index contributed by atoms with van der Waals surface area (Å²) in [7, 11) is 0. The fourth-order valence-corrected chi connectivity index (χ4v) is 2.89. The molecule has 2 fully saturated rings. The third kappa shape index (κ3) is 3.11. The SMILES string of the molecule is Cl.NCC1CCCN(C(=O)C2CCCC2)C1. The molecular weight excluding hydrogens is 224 g/mol. The Kier molecular flexibility index (Phi) is 5.56. The number of rotatable bonds is 2. The number of nitrogens with two attached hydrogens (primary N) is 1. The molecule has 3 nitrogen and oxygen atoms in total. The van der Waals surface area contributed by atoms with Gasteiger partial charge in [-0.15, -0.1) is 12.4 Å². The normalized spacial score (nSPS) is 26.6. The maximum Gasteiger partial charge on any atom is 0.225 e. The van der Waals surface area contributed by atoms with E-state index in [1.165, 1.54) is 19.3 Å². The zero-order chi connectivity index (χ0) is 10.7. The summed E-state index contributed by atoms with van der Waals surface area (Å²) in [5.74, 6) is 1.29. The number of hydrogen-bond acceptors (Lipinski definition) is 2. The van der Waals surface area contributed by atoms with Crippen molar-refractivity contribution in [1.82, 2.24) is 4.90 Å². The molecule has 1 saturated heterocycles. The Morgan fingerprint density at radius 1 is 1.19 bits per heavy atom. The van der Waals surface area contributed by atoms with Gasteiger partial charge in [-0.2, -0.15) is 0 Å². The quantitative estimate of drug-likeness (QED) is 0.808. The zero-order valence-corrected chi connectivity index (χ0v) is 10.7. The maximum absolute atomic E-state index is 12.1. The summed E-state index contributed by atoms with van der Waals surface area (Å²) in [6.07, 6.45) is 7.05. The minimum atomic E-state index is 0. The van der Waals surface area contributed by atoms with Crippen LogP contribution < -0.4 is 5.73 Å². The Hall–Kier alpha value is -0.280. The monoisotopic (exact) mass is 246 g/mol. The first-order valence-corrected chi connectivity index (χ1v) is 6.30. The van der Waals surface area contributed by atoms with E-state index >= 15 is 0 Å².